The van der Waals surface area contributed by atoms with Crippen molar-refractivity contribution in [2.75, 3.05) is 6.61 Å². The van der Waals surface area contributed by atoms with E-state index in [9.17, 15) is 9.59 Å². The Kier molecular flexibility index (Phi) is 9.66. The zero-order valence-corrected chi connectivity index (χ0v) is 20.0. The number of carbonyl (C=O) groups excluding carboxylic acids is 2. The molecule has 0 aliphatic heterocycles. The Balaban J connectivity index is 2.25. The molecule has 2 amide bonds. The van der Waals surface area contributed by atoms with E-state index in [4.69, 9.17) is 27.9 Å². The summed E-state index contributed by atoms with van der Waals surface area (Å²) in [6, 6.07) is 12.1. The largest absolute Gasteiger partial charge is 0.482 e. The molecule has 2 atom stereocenters. The third-order valence-electron chi connectivity index (χ3n) is 5.23. The number of rotatable bonds is 10. The van der Waals surface area contributed by atoms with E-state index in [0.717, 1.165) is 17.5 Å². The molecular formula is C24H30Cl2N2O3. The van der Waals surface area contributed by atoms with Crippen LogP contribution in [0.25, 0.3) is 0 Å². The molecule has 0 aliphatic rings. The molecule has 0 aromatic heterocycles. The predicted octanol–water partition coefficient (Wildman–Crippen LogP) is 5.40. The van der Waals surface area contributed by atoms with Gasteiger partial charge in [-0.25, -0.2) is 0 Å². The highest BCUT2D eigenvalue weighted by molar-refractivity contribution is 6.35. The first-order valence-electron chi connectivity index (χ1n) is 10.5. The Bertz CT molecular complexity index is 904. The fraction of sp³-hybridized carbons (Fsp3) is 0.417. The minimum Gasteiger partial charge on any atom is -0.482 e. The number of benzene rings is 2. The van der Waals surface area contributed by atoms with Crippen LogP contribution >= 0.6 is 23.2 Å². The molecular weight excluding hydrogens is 435 g/mol. The summed E-state index contributed by atoms with van der Waals surface area (Å²) < 4.78 is 5.67. The molecule has 0 aliphatic carbocycles. The van der Waals surface area contributed by atoms with Crippen LogP contribution in [0.3, 0.4) is 0 Å². The first-order valence-corrected chi connectivity index (χ1v) is 11.2. The van der Waals surface area contributed by atoms with Gasteiger partial charge in [0.05, 0.1) is 5.02 Å². The standard InChI is InChI=1S/C24H30Cl2N2O3/c1-5-17(4)27-24(30)21(6-2)28(14-18-10-8-7-9-16(18)3)23(29)15-31-22-12-11-19(25)13-20(22)26/h7-13,17,21H,5-6,14-15H2,1-4H3,(H,27,30)/t17-,21+/m1/s1. The van der Waals surface area contributed by atoms with Gasteiger partial charge < -0.3 is 15.0 Å². The second-order valence-electron chi connectivity index (χ2n) is 7.55. The summed E-state index contributed by atoms with van der Waals surface area (Å²) in [5.74, 6) is -0.0869. The number of amides is 2. The molecule has 2 aromatic rings. The molecule has 0 unspecified atom stereocenters. The fourth-order valence-corrected chi connectivity index (χ4v) is 3.61. The lowest BCUT2D eigenvalue weighted by atomic mass is 10.1. The lowest BCUT2D eigenvalue weighted by Gasteiger charge is -2.31. The van der Waals surface area contributed by atoms with Crippen LogP contribution in [-0.4, -0.2) is 35.4 Å². The van der Waals surface area contributed by atoms with Crippen molar-refractivity contribution in [3.05, 3.63) is 63.6 Å². The summed E-state index contributed by atoms with van der Waals surface area (Å²) in [5.41, 5.74) is 2.04. The van der Waals surface area contributed by atoms with E-state index in [2.05, 4.69) is 5.32 Å². The number of carbonyl (C=O) groups is 2. The van der Waals surface area contributed by atoms with Crippen molar-refractivity contribution in [1.82, 2.24) is 10.2 Å². The Hall–Kier alpha value is -2.24. The van der Waals surface area contributed by atoms with Crippen molar-refractivity contribution in [3.8, 4) is 5.75 Å². The van der Waals surface area contributed by atoms with E-state index in [1.54, 1.807) is 23.1 Å². The van der Waals surface area contributed by atoms with E-state index in [0.29, 0.717) is 28.8 Å². The zero-order valence-electron chi connectivity index (χ0n) is 18.5. The number of nitrogens with one attached hydrogen (secondary N) is 1. The average molecular weight is 465 g/mol. The third kappa shape index (κ3) is 7.15. The maximum Gasteiger partial charge on any atom is 0.261 e. The van der Waals surface area contributed by atoms with Gasteiger partial charge >= 0.3 is 0 Å². The van der Waals surface area contributed by atoms with E-state index >= 15 is 0 Å². The normalized spacial score (nSPS) is 12.7. The van der Waals surface area contributed by atoms with Crippen molar-refractivity contribution in [2.24, 2.45) is 0 Å². The number of aryl methyl sites for hydroxylation is 1. The van der Waals surface area contributed by atoms with E-state index < -0.39 is 6.04 Å². The molecule has 0 saturated heterocycles. The van der Waals surface area contributed by atoms with Crippen molar-refractivity contribution in [3.63, 3.8) is 0 Å². The second kappa shape index (κ2) is 12.0. The molecule has 168 valence electrons. The molecule has 0 bridgehead atoms. The fourth-order valence-electron chi connectivity index (χ4n) is 3.15. The molecule has 2 aromatic carbocycles. The van der Waals surface area contributed by atoms with Crippen LogP contribution in [0.4, 0.5) is 0 Å². The Morgan fingerprint density at radius 2 is 1.81 bits per heavy atom. The SMILES string of the molecule is CC[C@@H](C)NC(=O)[C@H](CC)N(Cc1ccccc1C)C(=O)COc1ccc(Cl)cc1Cl. The maximum absolute atomic E-state index is 13.2. The summed E-state index contributed by atoms with van der Waals surface area (Å²) in [7, 11) is 0. The second-order valence-corrected chi connectivity index (χ2v) is 8.40. The van der Waals surface area contributed by atoms with Gasteiger partial charge in [0.25, 0.3) is 5.91 Å². The topological polar surface area (TPSA) is 58.6 Å². The number of hydrogen-bond donors (Lipinski definition) is 1. The van der Waals surface area contributed by atoms with Gasteiger partial charge in [0.15, 0.2) is 6.61 Å². The molecule has 7 heteroatoms. The van der Waals surface area contributed by atoms with E-state index in [1.165, 1.54) is 0 Å². The molecule has 0 heterocycles. The highest BCUT2D eigenvalue weighted by Gasteiger charge is 2.30. The van der Waals surface area contributed by atoms with Crippen molar-refractivity contribution in [1.29, 1.82) is 0 Å². The van der Waals surface area contributed by atoms with E-state index in [1.807, 2.05) is 52.0 Å². The lowest BCUT2D eigenvalue weighted by molar-refractivity contribution is -0.143. The Morgan fingerprint density at radius 3 is 2.42 bits per heavy atom. The van der Waals surface area contributed by atoms with Crippen molar-refractivity contribution < 1.29 is 14.3 Å². The number of ether oxygens (including phenoxy) is 1. The Labute approximate surface area is 194 Å². The van der Waals surface area contributed by atoms with Gasteiger partial charge in [-0.3, -0.25) is 9.59 Å². The molecule has 0 fully saturated rings. The lowest BCUT2D eigenvalue weighted by Crippen LogP contribution is -2.51. The molecule has 1 N–H and O–H groups in total. The number of hydrogen-bond acceptors (Lipinski definition) is 3. The monoisotopic (exact) mass is 464 g/mol. The molecule has 5 nitrogen and oxygen atoms in total. The highest BCUT2D eigenvalue weighted by atomic mass is 35.5. The van der Waals surface area contributed by atoms with Gasteiger partial charge in [0.1, 0.15) is 11.8 Å². The number of nitrogens with zero attached hydrogens (tertiary/aromatic N) is 1. The van der Waals surface area contributed by atoms with Crippen LogP contribution < -0.4 is 10.1 Å². The highest BCUT2D eigenvalue weighted by Crippen LogP contribution is 2.27. The molecule has 0 radical (unpaired) electrons. The molecule has 31 heavy (non-hydrogen) atoms. The molecule has 0 saturated carbocycles. The smallest absolute Gasteiger partial charge is 0.261 e. The van der Waals surface area contributed by atoms with Gasteiger partial charge in [-0.15, -0.1) is 0 Å². The van der Waals surface area contributed by atoms with Gasteiger partial charge in [-0.05, 0) is 56.0 Å². The summed E-state index contributed by atoms with van der Waals surface area (Å²) in [6.45, 7) is 7.92. The Morgan fingerprint density at radius 1 is 1.10 bits per heavy atom. The van der Waals surface area contributed by atoms with Crippen LogP contribution in [-0.2, 0) is 16.1 Å². The summed E-state index contributed by atoms with van der Waals surface area (Å²) in [5, 5.41) is 3.81. The van der Waals surface area contributed by atoms with E-state index in [-0.39, 0.29) is 24.5 Å². The third-order valence-corrected chi connectivity index (χ3v) is 5.76. The van der Waals surface area contributed by atoms with Crippen LogP contribution in [0, 0.1) is 6.92 Å². The first-order chi connectivity index (χ1) is 14.8. The minimum atomic E-state index is -0.606. The van der Waals surface area contributed by atoms with Crippen LogP contribution in [0.1, 0.15) is 44.7 Å². The van der Waals surface area contributed by atoms with Gasteiger partial charge in [-0.2, -0.15) is 0 Å². The van der Waals surface area contributed by atoms with Gasteiger partial charge in [0.2, 0.25) is 5.91 Å². The molecule has 0 spiro atoms. The van der Waals surface area contributed by atoms with Crippen molar-refractivity contribution >= 4 is 35.0 Å². The van der Waals surface area contributed by atoms with Crippen molar-refractivity contribution in [2.45, 2.75) is 59.2 Å². The van der Waals surface area contributed by atoms with Gasteiger partial charge in [0, 0.05) is 17.6 Å². The van der Waals surface area contributed by atoms with Crippen LogP contribution in [0.2, 0.25) is 10.0 Å². The quantitative estimate of drug-likeness (QED) is 0.511. The summed E-state index contributed by atoms with van der Waals surface area (Å²) in [4.78, 5) is 27.8. The number of halogens is 2. The maximum atomic E-state index is 13.2. The minimum absolute atomic E-state index is 0.0288. The van der Waals surface area contributed by atoms with Crippen LogP contribution in [0.5, 0.6) is 5.75 Å². The summed E-state index contributed by atoms with van der Waals surface area (Å²) in [6.07, 6.45) is 1.30. The summed E-state index contributed by atoms with van der Waals surface area (Å²) >= 11 is 12.1. The first kappa shape index (κ1) is 25.0. The predicted molar refractivity (Wildman–Crippen MR) is 126 cm³/mol. The van der Waals surface area contributed by atoms with Crippen LogP contribution in [0.15, 0.2) is 42.5 Å². The average Bonchev–Trinajstić information content (AvgIpc) is 2.74. The zero-order chi connectivity index (χ0) is 23.0. The molecule has 2 rings (SSSR count). The van der Waals surface area contributed by atoms with Gasteiger partial charge in [-0.1, -0.05) is 61.3 Å².